The van der Waals surface area contributed by atoms with E-state index in [2.05, 4.69) is 5.32 Å². The number of anilines is 1. The molecule has 0 saturated carbocycles. The predicted octanol–water partition coefficient (Wildman–Crippen LogP) is 1.59. The highest BCUT2D eigenvalue weighted by molar-refractivity contribution is 5.95. The number of aromatic hydroxyl groups is 1. The van der Waals surface area contributed by atoms with E-state index in [1.807, 2.05) is 6.92 Å². The largest absolute Gasteiger partial charge is 0.508 e. The van der Waals surface area contributed by atoms with Crippen LogP contribution in [-0.2, 0) is 11.2 Å². The summed E-state index contributed by atoms with van der Waals surface area (Å²) in [5.41, 5.74) is 2.65. The number of nitrogens with one attached hydrogen (secondary N) is 1. The van der Waals surface area contributed by atoms with Crippen molar-refractivity contribution in [2.24, 2.45) is 0 Å². The second-order valence-electron chi connectivity index (χ2n) is 3.30. The first-order chi connectivity index (χ1) is 6.18. The molecule has 1 heterocycles. The lowest BCUT2D eigenvalue weighted by atomic mass is 9.99. The minimum atomic E-state index is 0.0289. The van der Waals surface area contributed by atoms with Gasteiger partial charge in [-0.15, -0.1) is 0 Å². The lowest BCUT2D eigenvalue weighted by Crippen LogP contribution is -2.19. The molecule has 0 spiro atoms. The van der Waals surface area contributed by atoms with Crippen LogP contribution in [-0.4, -0.2) is 11.0 Å². The lowest BCUT2D eigenvalue weighted by molar-refractivity contribution is -0.116. The van der Waals surface area contributed by atoms with E-state index >= 15 is 0 Å². The Balaban J connectivity index is 2.57. The maximum absolute atomic E-state index is 11.1. The van der Waals surface area contributed by atoms with Crippen molar-refractivity contribution in [3.05, 3.63) is 23.3 Å². The Morgan fingerprint density at radius 2 is 2.15 bits per heavy atom. The van der Waals surface area contributed by atoms with Crippen LogP contribution in [0, 0.1) is 6.92 Å². The van der Waals surface area contributed by atoms with Gasteiger partial charge >= 0.3 is 0 Å². The fourth-order valence-corrected chi connectivity index (χ4v) is 1.62. The van der Waals surface area contributed by atoms with Gasteiger partial charge in [0.25, 0.3) is 0 Å². The monoisotopic (exact) mass is 177 g/mol. The number of hydrogen-bond acceptors (Lipinski definition) is 2. The van der Waals surface area contributed by atoms with Gasteiger partial charge in [-0.05, 0) is 25.0 Å². The summed E-state index contributed by atoms with van der Waals surface area (Å²) in [7, 11) is 0. The lowest BCUT2D eigenvalue weighted by Gasteiger charge is -2.19. The summed E-state index contributed by atoms with van der Waals surface area (Å²) in [5.74, 6) is 0.307. The Morgan fingerprint density at radius 3 is 2.92 bits per heavy atom. The molecule has 1 amide bonds. The second-order valence-corrected chi connectivity index (χ2v) is 3.30. The van der Waals surface area contributed by atoms with E-state index in [9.17, 15) is 9.90 Å². The summed E-state index contributed by atoms with van der Waals surface area (Å²) >= 11 is 0. The number of benzene rings is 1. The van der Waals surface area contributed by atoms with Crippen LogP contribution in [0.2, 0.25) is 0 Å². The van der Waals surface area contributed by atoms with Crippen molar-refractivity contribution in [2.75, 3.05) is 5.32 Å². The zero-order valence-corrected chi connectivity index (χ0v) is 7.42. The van der Waals surface area contributed by atoms with Crippen molar-refractivity contribution in [1.82, 2.24) is 0 Å². The number of carbonyl (C=O) groups is 1. The molecule has 1 aromatic rings. The summed E-state index contributed by atoms with van der Waals surface area (Å²) in [5, 5.41) is 12.3. The normalized spacial score (nSPS) is 15.0. The average Bonchev–Trinajstić information content (AvgIpc) is 2.12. The Labute approximate surface area is 76.4 Å². The van der Waals surface area contributed by atoms with Gasteiger partial charge in [0, 0.05) is 12.0 Å². The van der Waals surface area contributed by atoms with Gasteiger partial charge in [-0.2, -0.15) is 0 Å². The average molecular weight is 177 g/mol. The third-order valence-electron chi connectivity index (χ3n) is 2.36. The van der Waals surface area contributed by atoms with E-state index in [1.165, 1.54) is 0 Å². The minimum Gasteiger partial charge on any atom is -0.508 e. The molecular weight excluding hydrogens is 166 g/mol. The Kier molecular flexibility index (Phi) is 1.72. The molecule has 0 atom stereocenters. The molecule has 3 nitrogen and oxygen atoms in total. The molecule has 0 aromatic heterocycles. The Hall–Kier alpha value is -1.51. The summed E-state index contributed by atoms with van der Waals surface area (Å²) in [6, 6.07) is 3.48. The van der Waals surface area contributed by atoms with Crippen LogP contribution in [0.3, 0.4) is 0 Å². The van der Waals surface area contributed by atoms with E-state index in [0.29, 0.717) is 12.8 Å². The van der Waals surface area contributed by atoms with Crippen molar-refractivity contribution in [1.29, 1.82) is 0 Å². The molecule has 0 radical (unpaired) electrons. The van der Waals surface area contributed by atoms with E-state index in [-0.39, 0.29) is 11.7 Å². The van der Waals surface area contributed by atoms with Crippen molar-refractivity contribution < 1.29 is 9.90 Å². The van der Waals surface area contributed by atoms with Crippen molar-refractivity contribution in [2.45, 2.75) is 19.8 Å². The molecular formula is C10H11NO2. The van der Waals surface area contributed by atoms with Gasteiger partial charge < -0.3 is 10.4 Å². The number of rotatable bonds is 0. The van der Waals surface area contributed by atoms with E-state index in [1.54, 1.807) is 12.1 Å². The number of amides is 1. The Bertz CT molecular complexity index is 371. The number of phenols is 1. The number of carbonyl (C=O) groups excluding carboxylic acids is 1. The molecule has 1 aromatic carbocycles. The molecule has 0 saturated heterocycles. The van der Waals surface area contributed by atoms with Crippen LogP contribution in [0.4, 0.5) is 5.69 Å². The quantitative estimate of drug-likeness (QED) is 0.632. The number of phenolic OH excluding ortho intramolecular Hbond substituents is 1. The Morgan fingerprint density at radius 1 is 1.38 bits per heavy atom. The van der Waals surface area contributed by atoms with Crippen LogP contribution in [0.1, 0.15) is 17.5 Å². The van der Waals surface area contributed by atoms with Crippen molar-refractivity contribution in [3.63, 3.8) is 0 Å². The standard InChI is InChI=1S/C10H11NO2/c1-6-2-4-8(12)7-3-5-9(13)11-10(6)7/h2,4,12H,3,5H2,1H3,(H,11,13). The van der Waals surface area contributed by atoms with Gasteiger partial charge in [0.15, 0.2) is 0 Å². The van der Waals surface area contributed by atoms with Crippen molar-refractivity contribution in [3.8, 4) is 5.75 Å². The maximum Gasteiger partial charge on any atom is 0.224 e. The molecule has 3 heteroatoms. The summed E-state index contributed by atoms with van der Waals surface area (Å²) < 4.78 is 0. The molecule has 0 bridgehead atoms. The van der Waals surface area contributed by atoms with Crippen LogP contribution < -0.4 is 5.32 Å². The van der Waals surface area contributed by atoms with Crippen LogP contribution in [0.25, 0.3) is 0 Å². The van der Waals surface area contributed by atoms with Gasteiger partial charge in [-0.25, -0.2) is 0 Å². The van der Waals surface area contributed by atoms with E-state index in [0.717, 1.165) is 16.8 Å². The first-order valence-electron chi connectivity index (χ1n) is 4.30. The summed E-state index contributed by atoms with van der Waals surface area (Å²) in [6.45, 7) is 1.92. The van der Waals surface area contributed by atoms with E-state index < -0.39 is 0 Å². The minimum absolute atomic E-state index is 0.0289. The molecule has 1 aliphatic rings. The van der Waals surface area contributed by atoms with Crippen molar-refractivity contribution >= 4 is 11.6 Å². The van der Waals surface area contributed by atoms with Crippen LogP contribution in [0.15, 0.2) is 12.1 Å². The first kappa shape index (κ1) is 8.10. The summed E-state index contributed by atoms with van der Waals surface area (Å²) in [4.78, 5) is 11.1. The zero-order valence-electron chi connectivity index (χ0n) is 7.42. The van der Waals surface area contributed by atoms with Gasteiger partial charge in [-0.3, -0.25) is 4.79 Å². The maximum atomic E-state index is 11.1. The van der Waals surface area contributed by atoms with Crippen LogP contribution in [0.5, 0.6) is 5.75 Å². The first-order valence-corrected chi connectivity index (χ1v) is 4.30. The molecule has 0 aliphatic carbocycles. The summed E-state index contributed by atoms with van der Waals surface area (Å²) in [6.07, 6.45) is 1.10. The van der Waals surface area contributed by atoms with E-state index in [4.69, 9.17) is 0 Å². The SMILES string of the molecule is Cc1ccc(O)c2c1NC(=O)CC2. The second kappa shape index (κ2) is 2.76. The molecule has 13 heavy (non-hydrogen) atoms. The highest BCUT2D eigenvalue weighted by Gasteiger charge is 2.18. The third-order valence-corrected chi connectivity index (χ3v) is 2.36. The molecule has 2 N–H and O–H groups in total. The molecule has 2 rings (SSSR count). The molecule has 0 fully saturated rings. The zero-order chi connectivity index (χ0) is 9.42. The smallest absolute Gasteiger partial charge is 0.224 e. The number of fused-ring (bicyclic) bond motifs is 1. The predicted molar refractivity (Wildman–Crippen MR) is 49.8 cm³/mol. The molecule has 1 aliphatic heterocycles. The molecule has 0 unspecified atom stereocenters. The van der Waals surface area contributed by atoms with Gasteiger partial charge in [0.1, 0.15) is 5.75 Å². The van der Waals surface area contributed by atoms with Gasteiger partial charge in [0.2, 0.25) is 5.91 Å². The fourth-order valence-electron chi connectivity index (χ4n) is 1.62. The highest BCUT2D eigenvalue weighted by Crippen LogP contribution is 2.32. The fraction of sp³-hybridized carbons (Fsp3) is 0.300. The number of hydrogen-bond donors (Lipinski definition) is 2. The highest BCUT2D eigenvalue weighted by atomic mass is 16.3. The van der Waals surface area contributed by atoms with Crippen LogP contribution >= 0.6 is 0 Å². The topological polar surface area (TPSA) is 49.3 Å². The molecule has 68 valence electrons. The third kappa shape index (κ3) is 1.26. The van der Waals surface area contributed by atoms with Gasteiger partial charge in [0.05, 0.1) is 5.69 Å². The van der Waals surface area contributed by atoms with Gasteiger partial charge in [-0.1, -0.05) is 6.07 Å². The number of aryl methyl sites for hydroxylation is 1.